The van der Waals surface area contributed by atoms with E-state index in [2.05, 4.69) is 26.1 Å². The molecule has 0 atom stereocenters. The van der Waals surface area contributed by atoms with Crippen LogP contribution in [0.1, 0.15) is 0 Å². The van der Waals surface area contributed by atoms with Crippen molar-refractivity contribution < 1.29 is 13.9 Å². The lowest BCUT2D eigenvalue weighted by Crippen LogP contribution is -1.98. The molecule has 0 unspecified atom stereocenters. The van der Waals surface area contributed by atoms with Gasteiger partial charge < -0.3 is 15.2 Å². The maximum atomic E-state index is 14.2. The molecule has 0 amide bonds. The second kappa shape index (κ2) is 4.85. The minimum atomic E-state index is -0.593. The van der Waals surface area contributed by atoms with Crippen LogP contribution >= 0.6 is 15.9 Å². The fourth-order valence-corrected chi connectivity index (χ4v) is 2.25. The van der Waals surface area contributed by atoms with Crippen molar-refractivity contribution in [3.05, 3.63) is 22.6 Å². The number of aromatic amines is 1. The number of halogens is 2. The molecule has 0 bridgehead atoms. The molecule has 0 saturated carbocycles. The molecular weight excluding hydrogens is 305 g/mol. The number of nitrogens with one attached hydrogen (secondary N) is 1. The number of methoxy groups -OCH3 is 2. The fourth-order valence-electron chi connectivity index (χ4n) is 1.68. The summed E-state index contributed by atoms with van der Waals surface area (Å²) < 4.78 is 24.7. The van der Waals surface area contributed by atoms with Crippen LogP contribution in [0.3, 0.4) is 0 Å². The van der Waals surface area contributed by atoms with Crippen molar-refractivity contribution in [1.82, 2.24) is 10.2 Å². The van der Waals surface area contributed by atoms with Crippen molar-refractivity contribution in [2.24, 2.45) is 0 Å². The summed E-state index contributed by atoms with van der Waals surface area (Å²) in [7, 11) is 2.76. The number of H-pyrrole nitrogens is 1. The monoisotopic (exact) mass is 315 g/mol. The van der Waals surface area contributed by atoms with Gasteiger partial charge in [-0.05, 0) is 22.0 Å². The largest absolute Gasteiger partial charge is 0.493 e. The van der Waals surface area contributed by atoms with Crippen LogP contribution in [0, 0.1) is 5.82 Å². The number of nitrogen functional groups attached to an aromatic ring is 1. The summed E-state index contributed by atoms with van der Waals surface area (Å²) in [5, 5.41) is 6.39. The second-order valence-electron chi connectivity index (χ2n) is 3.48. The average molecular weight is 316 g/mol. The molecule has 0 aliphatic heterocycles. The Kier molecular flexibility index (Phi) is 3.42. The molecule has 96 valence electrons. The van der Waals surface area contributed by atoms with Crippen LogP contribution in [0.15, 0.2) is 16.7 Å². The Bertz CT molecular complexity index is 586. The average Bonchev–Trinajstić information content (AvgIpc) is 2.75. The van der Waals surface area contributed by atoms with E-state index in [1.165, 1.54) is 20.4 Å². The summed E-state index contributed by atoms with van der Waals surface area (Å²) in [6.45, 7) is 0. The maximum absolute atomic E-state index is 14.2. The molecule has 5 nitrogen and oxygen atoms in total. The zero-order valence-electron chi connectivity index (χ0n) is 9.75. The van der Waals surface area contributed by atoms with Gasteiger partial charge in [-0.15, -0.1) is 0 Å². The summed E-state index contributed by atoms with van der Waals surface area (Å²) in [5.41, 5.74) is 6.78. The third-order valence-corrected chi connectivity index (χ3v) is 3.09. The molecule has 18 heavy (non-hydrogen) atoms. The Hall–Kier alpha value is -1.76. The third kappa shape index (κ3) is 1.90. The maximum Gasteiger partial charge on any atom is 0.208 e. The zero-order valence-corrected chi connectivity index (χ0v) is 11.3. The van der Waals surface area contributed by atoms with Crippen LogP contribution in [0.4, 0.5) is 10.2 Å². The van der Waals surface area contributed by atoms with Crippen molar-refractivity contribution >= 4 is 21.7 Å². The molecule has 1 aromatic heterocycles. The van der Waals surface area contributed by atoms with Crippen LogP contribution in [0.2, 0.25) is 0 Å². The molecule has 0 saturated heterocycles. The highest BCUT2D eigenvalue weighted by atomic mass is 79.9. The summed E-state index contributed by atoms with van der Waals surface area (Å²) >= 11 is 3.24. The van der Waals surface area contributed by atoms with Gasteiger partial charge in [-0.25, -0.2) is 0 Å². The summed E-state index contributed by atoms with van der Waals surface area (Å²) in [5.74, 6) is -0.115. The van der Waals surface area contributed by atoms with Gasteiger partial charge in [-0.2, -0.15) is 9.49 Å². The number of hydrogen-bond acceptors (Lipinski definition) is 4. The predicted octanol–water partition coefficient (Wildman–Crippen LogP) is 2.58. The Morgan fingerprint density at radius 2 is 1.94 bits per heavy atom. The first-order chi connectivity index (χ1) is 8.60. The Balaban J connectivity index is 2.72. The first-order valence-corrected chi connectivity index (χ1v) is 5.78. The molecular formula is C11H11BrFN3O2. The van der Waals surface area contributed by atoms with E-state index in [0.29, 0.717) is 21.4 Å². The van der Waals surface area contributed by atoms with E-state index >= 15 is 0 Å². The SMILES string of the molecule is COc1c(Br)cc(-c2cn[nH]c2N)c(OC)c1F. The first kappa shape index (κ1) is 12.7. The van der Waals surface area contributed by atoms with Gasteiger partial charge in [0.05, 0.1) is 24.9 Å². The molecule has 7 heteroatoms. The van der Waals surface area contributed by atoms with E-state index in [4.69, 9.17) is 15.2 Å². The molecule has 0 fully saturated rings. The molecule has 0 aliphatic carbocycles. The van der Waals surface area contributed by atoms with Crippen molar-refractivity contribution in [3.8, 4) is 22.6 Å². The van der Waals surface area contributed by atoms with Gasteiger partial charge in [-0.3, -0.25) is 5.10 Å². The quantitative estimate of drug-likeness (QED) is 0.913. The van der Waals surface area contributed by atoms with Gasteiger partial charge in [-0.1, -0.05) is 0 Å². The number of rotatable bonds is 3. The van der Waals surface area contributed by atoms with Crippen LogP contribution in [0.5, 0.6) is 11.5 Å². The van der Waals surface area contributed by atoms with Crippen molar-refractivity contribution in [3.63, 3.8) is 0 Å². The standard InChI is InChI=1S/C11H11BrFN3O2/c1-17-9-5(6-4-15-16-11(6)14)3-7(12)10(18-2)8(9)13/h3-4H,1-2H3,(H3,14,15,16). The fraction of sp³-hybridized carbons (Fsp3) is 0.182. The lowest BCUT2D eigenvalue weighted by atomic mass is 10.1. The number of aromatic nitrogens is 2. The molecule has 1 heterocycles. The molecule has 0 radical (unpaired) electrons. The minimum Gasteiger partial charge on any atom is -0.493 e. The summed E-state index contributed by atoms with van der Waals surface area (Å²) in [4.78, 5) is 0. The topological polar surface area (TPSA) is 73.2 Å². The van der Waals surface area contributed by atoms with E-state index < -0.39 is 5.82 Å². The summed E-state index contributed by atoms with van der Waals surface area (Å²) in [6, 6.07) is 1.67. The van der Waals surface area contributed by atoms with Crippen molar-refractivity contribution in [1.29, 1.82) is 0 Å². The molecule has 3 N–H and O–H groups in total. The van der Waals surface area contributed by atoms with Crippen LogP contribution in [-0.2, 0) is 0 Å². The van der Waals surface area contributed by atoms with Gasteiger partial charge in [0.2, 0.25) is 5.82 Å². The number of nitrogens with two attached hydrogens (primary N) is 1. The van der Waals surface area contributed by atoms with Gasteiger partial charge in [0.15, 0.2) is 11.5 Å². The lowest BCUT2D eigenvalue weighted by Gasteiger charge is -2.13. The summed E-state index contributed by atoms with van der Waals surface area (Å²) in [6.07, 6.45) is 1.51. The van der Waals surface area contributed by atoms with E-state index in [9.17, 15) is 4.39 Å². The smallest absolute Gasteiger partial charge is 0.208 e. The number of nitrogens with zero attached hydrogens (tertiary/aromatic N) is 1. The van der Waals surface area contributed by atoms with Crippen molar-refractivity contribution in [2.45, 2.75) is 0 Å². The molecule has 0 aliphatic rings. The van der Waals surface area contributed by atoms with Crippen LogP contribution in [-0.4, -0.2) is 24.4 Å². The van der Waals surface area contributed by atoms with Gasteiger partial charge in [0, 0.05) is 11.1 Å². The van der Waals surface area contributed by atoms with Gasteiger partial charge in [0.1, 0.15) is 5.82 Å². The number of ether oxygens (including phenoxy) is 2. The van der Waals surface area contributed by atoms with E-state index in [0.717, 1.165) is 0 Å². The van der Waals surface area contributed by atoms with Gasteiger partial charge in [0.25, 0.3) is 0 Å². The predicted molar refractivity (Wildman–Crippen MR) is 69.2 cm³/mol. The Labute approximate surface area is 111 Å². The Morgan fingerprint density at radius 3 is 2.44 bits per heavy atom. The minimum absolute atomic E-state index is 0.0585. The van der Waals surface area contributed by atoms with E-state index in [1.807, 2.05) is 0 Å². The van der Waals surface area contributed by atoms with Crippen molar-refractivity contribution in [2.75, 3.05) is 20.0 Å². The number of hydrogen-bond donors (Lipinski definition) is 2. The van der Waals surface area contributed by atoms with Crippen LogP contribution < -0.4 is 15.2 Å². The molecule has 1 aromatic carbocycles. The second-order valence-corrected chi connectivity index (χ2v) is 4.34. The van der Waals surface area contributed by atoms with E-state index in [-0.39, 0.29) is 11.5 Å². The van der Waals surface area contributed by atoms with Gasteiger partial charge >= 0.3 is 0 Å². The highest BCUT2D eigenvalue weighted by Crippen LogP contribution is 2.42. The number of anilines is 1. The first-order valence-electron chi connectivity index (χ1n) is 4.99. The van der Waals surface area contributed by atoms with Crippen LogP contribution in [0.25, 0.3) is 11.1 Å². The molecule has 0 spiro atoms. The molecule has 2 rings (SSSR count). The Morgan fingerprint density at radius 1 is 1.28 bits per heavy atom. The normalized spacial score (nSPS) is 10.4. The molecule has 2 aromatic rings. The number of benzene rings is 1. The third-order valence-electron chi connectivity index (χ3n) is 2.50. The zero-order chi connectivity index (χ0) is 13.3. The highest BCUT2D eigenvalue weighted by Gasteiger charge is 2.21. The van der Waals surface area contributed by atoms with E-state index in [1.54, 1.807) is 6.07 Å². The lowest BCUT2D eigenvalue weighted by molar-refractivity contribution is 0.350. The highest BCUT2D eigenvalue weighted by molar-refractivity contribution is 9.10.